The number of amides is 2. The average molecular weight is 285 g/mol. The van der Waals surface area contributed by atoms with Gasteiger partial charge in [0.1, 0.15) is 5.82 Å². The lowest BCUT2D eigenvalue weighted by molar-refractivity contribution is 0.232. The van der Waals surface area contributed by atoms with Crippen LogP contribution in [0.5, 0.6) is 0 Å². The van der Waals surface area contributed by atoms with Gasteiger partial charge in [0, 0.05) is 12.6 Å². The first kappa shape index (κ1) is 14.1. The van der Waals surface area contributed by atoms with Gasteiger partial charge in [-0.2, -0.15) is 0 Å². The highest BCUT2D eigenvalue weighted by Crippen LogP contribution is 2.17. The lowest BCUT2D eigenvalue weighted by Gasteiger charge is -2.22. The summed E-state index contributed by atoms with van der Waals surface area (Å²) in [5.74, 6) is -0.447. The summed E-state index contributed by atoms with van der Waals surface area (Å²) < 4.78 is 13.0. The van der Waals surface area contributed by atoms with Crippen LogP contribution in [0.3, 0.4) is 0 Å². The van der Waals surface area contributed by atoms with Gasteiger partial charge in [-0.15, -0.1) is 0 Å². The van der Waals surface area contributed by atoms with Crippen LogP contribution in [-0.2, 0) is 6.54 Å². The van der Waals surface area contributed by atoms with Crippen LogP contribution in [-0.4, -0.2) is 12.1 Å². The van der Waals surface area contributed by atoms with E-state index in [0.29, 0.717) is 6.54 Å². The highest BCUT2D eigenvalue weighted by atomic mass is 35.5. The highest BCUT2D eigenvalue weighted by molar-refractivity contribution is 6.30. The summed E-state index contributed by atoms with van der Waals surface area (Å²) in [5.41, 5.74) is 0.783. The third kappa shape index (κ3) is 4.39. The Hall–Kier alpha value is -1.29. The predicted octanol–water partition coefficient (Wildman–Crippen LogP) is 3.61. The SMILES string of the molecule is O=C(NCc1ccc(F)c(Cl)c1)NC1CCCCC1. The van der Waals surface area contributed by atoms with Crippen molar-refractivity contribution < 1.29 is 9.18 Å². The molecule has 0 saturated heterocycles. The minimum Gasteiger partial charge on any atom is -0.335 e. The van der Waals surface area contributed by atoms with Crippen LogP contribution in [0, 0.1) is 5.82 Å². The minimum absolute atomic E-state index is 0.0759. The molecule has 104 valence electrons. The number of rotatable bonds is 3. The Morgan fingerprint density at radius 3 is 2.74 bits per heavy atom. The van der Waals surface area contributed by atoms with Gasteiger partial charge in [0.05, 0.1) is 5.02 Å². The molecule has 0 radical (unpaired) electrons. The highest BCUT2D eigenvalue weighted by Gasteiger charge is 2.15. The molecule has 0 spiro atoms. The van der Waals surface area contributed by atoms with Crippen molar-refractivity contribution in [2.24, 2.45) is 0 Å². The van der Waals surface area contributed by atoms with Gasteiger partial charge in [-0.3, -0.25) is 0 Å². The third-order valence-corrected chi connectivity index (χ3v) is 3.67. The number of halogens is 2. The number of hydrogen-bond acceptors (Lipinski definition) is 1. The lowest BCUT2D eigenvalue weighted by Crippen LogP contribution is -2.42. The molecule has 0 aliphatic heterocycles. The second kappa shape index (κ2) is 6.75. The van der Waals surface area contributed by atoms with Crippen molar-refractivity contribution in [1.29, 1.82) is 0 Å². The van der Waals surface area contributed by atoms with E-state index in [2.05, 4.69) is 10.6 Å². The molecule has 1 fully saturated rings. The average Bonchev–Trinajstić information content (AvgIpc) is 2.41. The topological polar surface area (TPSA) is 41.1 Å². The number of urea groups is 1. The maximum Gasteiger partial charge on any atom is 0.315 e. The monoisotopic (exact) mass is 284 g/mol. The maximum atomic E-state index is 13.0. The molecule has 1 aliphatic rings. The van der Waals surface area contributed by atoms with Gasteiger partial charge in [-0.05, 0) is 30.5 Å². The number of nitrogens with one attached hydrogen (secondary N) is 2. The molecule has 2 N–H and O–H groups in total. The van der Waals surface area contributed by atoms with E-state index >= 15 is 0 Å². The Morgan fingerprint density at radius 1 is 1.32 bits per heavy atom. The molecule has 5 heteroatoms. The zero-order valence-electron chi connectivity index (χ0n) is 10.7. The standard InChI is InChI=1S/C14H18ClFN2O/c15-12-8-10(6-7-13(12)16)9-17-14(19)18-11-4-2-1-3-5-11/h6-8,11H,1-5,9H2,(H2,17,18,19). The fourth-order valence-electron chi connectivity index (χ4n) is 2.32. The fourth-order valence-corrected chi connectivity index (χ4v) is 2.52. The van der Waals surface area contributed by atoms with Crippen LogP contribution < -0.4 is 10.6 Å². The molecule has 0 bridgehead atoms. The van der Waals surface area contributed by atoms with Gasteiger partial charge >= 0.3 is 6.03 Å². The van der Waals surface area contributed by atoms with Gasteiger partial charge in [-0.25, -0.2) is 9.18 Å². The van der Waals surface area contributed by atoms with E-state index in [9.17, 15) is 9.18 Å². The number of benzene rings is 1. The summed E-state index contributed by atoms with van der Waals surface area (Å²) in [5, 5.41) is 5.80. The molecule has 1 aromatic carbocycles. The van der Waals surface area contributed by atoms with Crippen LogP contribution in [0.4, 0.5) is 9.18 Å². The molecule has 0 aromatic heterocycles. The van der Waals surface area contributed by atoms with Crippen molar-refractivity contribution in [3.63, 3.8) is 0 Å². The Balaban J connectivity index is 1.77. The van der Waals surface area contributed by atoms with E-state index in [1.807, 2.05) is 0 Å². The minimum atomic E-state index is -0.447. The maximum absolute atomic E-state index is 13.0. The van der Waals surface area contributed by atoms with Gasteiger partial charge in [-0.1, -0.05) is 36.9 Å². The van der Waals surface area contributed by atoms with Crippen molar-refractivity contribution >= 4 is 17.6 Å². The largest absolute Gasteiger partial charge is 0.335 e. The Kier molecular flexibility index (Phi) is 5.02. The zero-order valence-corrected chi connectivity index (χ0v) is 11.5. The molecule has 3 nitrogen and oxygen atoms in total. The molecule has 1 aromatic rings. The van der Waals surface area contributed by atoms with Gasteiger partial charge in [0.2, 0.25) is 0 Å². The van der Waals surface area contributed by atoms with E-state index in [-0.39, 0.29) is 17.1 Å². The Morgan fingerprint density at radius 2 is 2.05 bits per heavy atom. The molecule has 0 atom stereocenters. The molecule has 0 unspecified atom stereocenters. The van der Waals surface area contributed by atoms with E-state index < -0.39 is 5.82 Å². The molecule has 19 heavy (non-hydrogen) atoms. The van der Waals surface area contributed by atoms with Crippen LogP contribution >= 0.6 is 11.6 Å². The second-order valence-corrected chi connectivity index (χ2v) is 5.32. The number of carbonyl (C=O) groups is 1. The fraction of sp³-hybridized carbons (Fsp3) is 0.500. The smallest absolute Gasteiger partial charge is 0.315 e. The lowest BCUT2D eigenvalue weighted by atomic mass is 9.96. The summed E-state index contributed by atoms with van der Waals surface area (Å²) in [7, 11) is 0. The van der Waals surface area contributed by atoms with E-state index in [0.717, 1.165) is 18.4 Å². The number of carbonyl (C=O) groups excluding carboxylic acids is 1. The van der Waals surface area contributed by atoms with Gasteiger partial charge in [0.15, 0.2) is 0 Å². The van der Waals surface area contributed by atoms with E-state index in [4.69, 9.17) is 11.6 Å². The summed E-state index contributed by atoms with van der Waals surface area (Å²) >= 11 is 5.68. The second-order valence-electron chi connectivity index (χ2n) is 4.91. The molecule has 2 amide bonds. The first-order valence-electron chi connectivity index (χ1n) is 6.63. The van der Waals surface area contributed by atoms with E-state index in [1.54, 1.807) is 6.07 Å². The summed E-state index contributed by atoms with van der Waals surface area (Å²) in [4.78, 5) is 11.7. The predicted molar refractivity (Wildman–Crippen MR) is 73.7 cm³/mol. The van der Waals surface area contributed by atoms with Crippen LogP contribution in [0.1, 0.15) is 37.7 Å². The summed E-state index contributed by atoms with van der Waals surface area (Å²) in [6, 6.07) is 4.55. The van der Waals surface area contributed by atoms with Crippen LogP contribution in [0.25, 0.3) is 0 Å². The van der Waals surface area contributed by atoms with Gasteiger partial charge < -0.3 is 10.6 Å². The summed E-state index contributed by atoms with van der Waals surface area (Å²) in [6.07, 6.45) is 5.72. The first-order valence-corrected chi connectivity index (χ1v) is 7.01. The first-order chi connectivity index (χ1) is 9.15. The van der Waals surface area contributed by atoms with Crippen LogP contribution in [0.15, 0.2) is 18.2 Å². The summed E-state index contributed by atoms with van der Waals surface area (Å²) in [6.45, 7) is 0.346. The normalized spacial score (nSPS) is 16.1. The Labute approximate surface area is 117 Å². The van der Waals surface area contributed by atoms with Crippen molar-refractivity contribution in [3.8, 4) is 0 Å². The third-order valence-electron chi connectivity index (χ3n) is 3.38. The van der Waals surface area contributed by atoms with Crippen LogP contribution in [0.2, 0.25) is 5.02 Å². The number of hydrogen-bond donors (Lipinski definition) is 2. The van der Waals surface area contributed by atoms with Gasteiger partial charge in [0.25, 0.3) is 0 Å². The van der Waals surface area contributed by atoms with Crippen molar-refractivity contribution in [1.82, 2.24) is 10.6 Å². The van der Waals surface area contributed by atoms with E-state index in [1.165, 1.54) is 31.4 Å². The quantitative estimate of drug-likeness (QED) is 0.875. The zero-order chi connectivity index (χ0) is 13.7. The molecular formula is C14H18ClFN2O. The Bertz CT molecular complexity index is 447. The molecular weight excluding hydrogens is 267 g/mol. The molecule has 0 heterocycles. The van der Waals surface area contributed by atoms with Crippen molar-refractivity contribution in [3.05, 3.63) is 34.6 Å². The molecule has 1 aliphatic carbocycles. The van der Waals surface area contributed by atoms with Crippen molar-refractivity contribution in [2.45, 2.75) is 44.7 Å². The molecule has 2 rings (SSSR count). The van der Waals surface area contributed by atoms with Crippen molar-refractivity contribution in [2.75, 3.05) is 0 Å². The molecule has 1 saturated carbocycles.